The fourth-order valence-corrected chi connectivity index (χ4v) is 6.69. The summed E-state index contributed by atoms with van der Waals surface area (Å²) in [5.74, 6) is -0.376. The van der Waals surface area contributed by atoms with Crippen molar-refractivity contribution < 1.29 is 13.2 Å². The van der Waals surface area contributed by atoms with Crippen LogP contribution in [-0.4, -0.2) is 35.8 Å². The number of hydrogen-bond donors (Lipinski definition) is 0. The van der Waals surface area contributed by atoms with Crippen LogP contribution in [0.4, 0.5) is 0 Å². The van der Waals surface area contributed by atoms with E-state index in [1.54, 1.807) is 16.4 Å². The second-order valence-corrected chi connectivity index (χ2v) is 10.4. The van der Waals surface area contributed by atoms with Gasteiger partial charge in [-0.3, -0.25) is 4.79 Å². The second-order valence-electron chi connectivity index (χ2n) is 7.50. The number of thiazole rings is 1. The van der Waals surface area contributed by atoms with Crippen molar-refractivity contribution in [1.82, 2.24) is 8.87 Å². The molecule has 6 nitrogen and oxygen atoms in total. The summed E-state index contributed by atoms with van der Waals surface area (Å²) >= 11 is 1.47. The fourth-order valence-electron chi connectivity index (χ4n) is 3.90. The highest BCUT2D eigenvalue weighted by atomic mass is 32.2. The van der Waals surface area contributed by atoms with Crippen molar-refractivity contribution in [2.45, 2.75) is 50.6 Å². The quantitative estimate of drug-likeness (QED) is 0.611. The van der Waals surface area contributed by atoms with Crippen LogP contribution in [0.2, 0.25) is 0 Å². The summed E-state index contributed by atoms with van der Waals surface area (Å²) in [7, 11) is -3.55. The minimum absolute atomic E-state index is 0.00231. The molecule has 0 radical (unpaired) electrons. The smallest absolute Gasteiger partial charge is 0.279 e. The van der Waals surface area contributed by atoms with Gasteiger partial charge in [0, 0.05) is 24.7 Å². The van der Waals surface area contributed by atoms with Crippen LogP contribution in [0.15, 0.2) is 58.4 Å². The molecule has 158 valence electrons. The van der Waals surface area contributed by atoms with Crippen LogP contribution in [-0.2, 0) is 16.6 Å². The Labute approximate surface area is 180 Å². The maximum absolute atomic E-state index is 13.0. The van der Waals surface area contributed by atoms with Crippen molar-refractivity contribution in [2.75, 3.05) is 6.54 Å². The summed E-state index contributed by atoms with van der Waals surface area (Å²) in [6, 6.07) is 14.1. The zero-order chi connectivity index (χ0) is 21.3. The lowest BCUT2D eigenvalue weighted by molar-refractivity contribution is 0.0997. The van der Waals surface area contributed by atoms with E-state index in [4.69, 9.17) is 0 Å². The van der Waals surface area contributed by atoms with Crippen LogP contribution in [0.3, 0.4) is 0 Å². The van der Waals surface area contributed by atoms with Gasteiger partial charge in [0.25, 0.3) is 5.91 Å². The van der Waals surface area contributed by atoms with Crippen LogP contribution in [0, 0.1) is 0 Å². The number of aryl methyl sites for hydroxylation is 1. The van der Waals surface area contributed by atoms with Crippen molar-refractivity contribution in [2.24, 2.45) is 4.99 Å². The molecular weight excluding hydrogens is 418 g/mol. The van der Waals surface area contributed by atoms with Crippen LogP contribution in [0.5, 0.6) is 0 Å². The molecule has 1 amide bonds. The number of carbonyl (C=O) groups is 1. The molecule has 2 heterocycles. The third kappa shape index (κ3) is 3.87. The number of nitrogens with zero attached hydrogens (tertiary/aromatic N) is 3. The number of aromatic nitrogens is 1. The number of amides is 1. The Bertz CT molecular complexity index is 1240. The van der Waals surface area contributed by atoms with Gasteiger partial charge >= 0.3 is 0 Å². The van der Waals surface area contributed by atoms with E-state index in [1.807, 2.05) is 42.7 Å². The van der Waals surface area contributed by atoms with Crippen LogP contribution in [0.25, 0.3) is 10.2 Å². The van der Waals surface area contributed by atoms with E-state index in [1.165, 1.54) is 23.5 Å². The monoisotopic (exact) mass is 443 g/mol. The average molecular weight is 444 g/mol. The summed E-state index contributed by atoms with van der Waals surface area (Å²) in [5, 5.41) is 0. The molecular formula is C22H25N3O3S2. The maximum Gasteiger partial charge on any atom is 0.279 e. The molecule has 2 aromatic carbocycles. The van der Waals surface area contributed by atoms with Crippen LogP contribution < -0.4 is 4.80 Å². The van der Waals surface area contributed by atoms with E-state index in [0.717, 1.165) is 29.5 Å². The molecule has 1 atom stereocenters. The normalized spacial score (nSPS) is 18.7. The van der Waals surface area contributed by atoms with Gasteiger partial charge in [-0.2, -0.15) is 9.30 Å². The summed E-state index contributed by atoms with van der Waals surface area (Å²) < 4.78 is 30.6. The first-order chi connectivity index (χ1) is 14.4. The Hall–Kier alpha value is -2.29. The van der Waals surface area contributed by atoms with E-state index < -0.39 is 10.0 Å². The Balaban J connectivity index is 1.63. The number of fused-ring (bicyclic) bond motifs is 1. The van der Waals surface area contributed by atoms with Gasteiger partial charge in [0.1, 0.15) is 0 Å². The third-order valence-electron chi connectivity index (χ3n) is 5.55. The molecule has 0 bridgehead atoms. The standard InChI is InChI=1S/C22H25N3O3S2/c1-3-24-19-9-4-5-10-20(19)29-22(24)23-21(26)17-11-13-18(14-12-17)30(27,28)25-15-7-6-8-16(25)2/h4-5,9-14,16H,3,6-8,15H2,1-2H3/t16-/m1/s1. The lowest BCUT2D eigenvalue weighted by Gasteiger charge is -2.32. The molecule has 30 heavy (non-hydrogen) atoms. The zero-order valence-corrected chi connectivity index (χ0v) is 18.7. The molecule has 1 aromatic heterocycles. The first-order valence-electron chi connectivity index (χ1n) is 10.2. The lowest BCUT2D eigenvalue weighted by Crippen LogP contribution is -2.41. The highest BCUT2D eigenvalue weighted by molar-refractivity contribution is 7.89. The SMILES string of the molecule is CCn1c(=NC(=O)c2ccc(S(=O)(=O)N3CCCC[C@H]3C)cc2)sc2ccccc21. The van der Waals surface area contributed by atoms with Gasteiger partial charge in [-0.1, -0.05) is 29.9 Å². The molecule has 0 aliphatic carbocycles. The molecule has 8 heteroatoms. The molecule has 1 saturated heterocycles. The molecule has 0 spiro atoms. The predicted molar refractivity (Wildman–Crippen MR) is 119 cm³/mol. The van der Waals surface area contributed by atoms with E-state index in [2.05, 4.69) is 4.99 Å². The number of benzene rings is 2. The van der Waals surface area contributed by atoms with Gasteiger partial charge in [0.15, 0.2) is 4.80 Å². The van der Waals surface area contributed by atoms with Crippen molar-refractivity contribution in [1.29, 1.82) is 0 Å². The summed E-state index contributed by atoms with van der Waals surface area (Å²) in [5.41, 5.74) is 1.43. The zero-order valence-electron chi connectivity index (χ0n) is 17.1. The van der Waals surface area contributed by atoms with E-state index in [9.17, 15) is 13.2 Å². The summed E-state index contributed by atoms with van der Waals surface area (Å²) in [6.07, 6.45) is 2.81. The Morgan fingerprint density at radius 3 is 2.57 bits per heavy atom. The van der Waals surface area contributed by atoms with Gasteiger partial charge in [-0.15, -0.1) is 0 Å². The predicted octanol–water partition coefficient (Wildman–Crippen LogP) is 4.03. The summed E-state index contributed by atoms with van der Waals surface area (Å²) in [4.78, 5) is 17.9. The number of rotatable bonds is 4. The molecule has 1 aliphatic rings. The van der Waals surface area contributed by atoms with E-state index >= 15 is 0 Å². The minimum Gasteiger partial charge on any atom is -0.317 e. The molecule has 3 aromatic rings. The fraction of sp³-hybridized carbons (Fsp3) is 0.364. The van der Waals surface area contributed by atoms with E-state index in [-0.39, 0.29) is 16.8 Å². The second kappa shape index (κ2) is 8.45. The topological polar surface area (TPSA) is 71.7 Å². The van der Waals surface area contributed by atoms with Gasteiger partial charge in [0.05, 0.1) is 15.1 Å². The number of piperidine rings is 1. The highest BCUT2D eigenvalue weighted by Gasteiger charge is 2.30. The molecule has 0 saturated carbocycles. The van der Waals surface area contributed by atoms with E-state index in [0.29, 0.717) is 23.5 Å². The average Bonchev–Trinajstić information content (AvgIpc) is 3.10. The Morgan fingerprint density at radius 1 is 1.13 bits per heavy atom. The Morgan fingerprint density at radius 2 is 1.87 bits per heavy atom. The van der Waals surface area contributed by atoms with Crippen molar-refractivity contribution in [3.8, 4) is 0 Å². The molecule has 0 N–H and O–H groups in total. The molecule has 4 rings (SSSR count). The minimum atomic E-state index is -3.55. The van der Waals surface area contributed by atoms with Gasteiger partial charge in [-0.25, -0.2) is 8.42 Å². The van der Waals surface area contributed by atoms with Crippen LogP contribution in [0.1, 0.15) is 43.5 Å². The van der Waals surface area contributed by atoms with Crippen molar-refractivity contribution in [3.63, 3.8) is 0 Å². The van der Waals surface area contributed by atoms with Crippen LogP contribution >= 0.6 is 11.3 Å². The Kier molecular flexibility index (Phi) is 5.90. The molecule has 1 fully saturated rings. The van der Waals surface area contributed by atoms with Crippen molar-refractivity contribution in [3.05, 3.63) is 58.9 Å². The maximum atomic E-state index is 13.0. The molecule has 0 unspecified atom stereocenters. The number of carbonyl (C=O) groups excluding carboxylic acids is 1. The first-order valence-corrected chi connectivity index (χ1v) is 12.5. The number of sulfonamides is 1. The highest BCUT2D eigenvalue weighted by Crippen LogP contribution is 2.25. The van der Waals surface area contributed by atoms with Crippen molar-refractivity contribution >= 4 is 37.5 Å². The summed E-state index contributed by atoms with van der Waals surface area (Å²) in [6.45, 7) is 5.22. The number of hydrogen-bond acceptors (Lipinski definition) is 4. The van der Waals surface area contributed by atoms with Gasteiger partial charge in [-0.05, 0) is 63.1 Å². The largest absolute Gasteiger partial charge is 0.317 e. The molecule has 1 aliphatic heterocycles. The third-order valence-corrected chi connectivity index (χ3v) is 8.64. The van der Waals surface area contributed by atoms with Gasteiger partial charge in [0.2, 0.25) is 10.0 Å². The lowest BCUT2D eigenvalue weighted by atomic mass is 10.1. The number of para-hydroxylation sites is 1. The van der Waals surface area contributed by atoms with Gasteiger partial charge < -0.3 is 4.57 Å². The first kappa shape index (κ1) is 21.0.